The maximum absolute atomic E-state index is 13.1. The molecule has 3 heterocycles. The Kier molecular flexibility index (Phi) is 5.50. The molecule has 5 rings (SSSR count). The summed E-state index contributed by atoms with van der Waals surface area (Å²) in [6.07, 6.45) is 8.70. The summed E-state index contributed by atoms with van der Waals surface area (Å²) in [5.41, 5.74) is 2.26. The van der Waals surface area contributed by atoms with Gasteiger partial charge in [0.2, 0.25) is 0 Å². The van der Waals surface area contributed by atoms with Crippen LogP contribution in [-0.2, 0) is 0 Å². The number of hydrogen-bond acceptors (Lipinski definition) is 3. The molecule has 2 aromatic rings. The molecule has 0 unspecified atom stereocenters. The fourth-order valence-electron chi connectivity index (χ4n) is 5.39. The number of piperidine rings is 1. The van der Waals surface area contributed by atoms with Crippen LogP contribution in [0.15, 0.2) is 24.3 Å². The highest BCUT2D eigenvalue weighted by atomic mass is 16.2. The van der Waals surface area contributed by atoms with Crippen molar-refractivity contribution in [2.75, 3.05) is 39.3 Å². The summed E-state index contributed by atoms with van der Waals surface area (Å²) < 4.78 is 0. The van der Waals surface area contributed by atoms with E-state index >= 15 is 0 Å². The molecule has 2 saturated heterocycles. The molecular formula is C24H32N4O2. The number of hydrogen-bond donors (Lipinski definition) is 1. The molecular weight excluding hydrogens is 376 g/mol. The molecule has 3 aliphatic rings. The summed E-state index contributed by atoms with van der Waals surface area (Å²) in [5.74, 6) is 0.176. The standard InChI is InChI=1S/C24H32N4O2/c29-23(28-14-12-26(13-15-28)20-6-2-3-7-20)18-8-9-21-19(16-18)17-22(25-21)24(30)27-10-4-1-5-11-27/h8-9,16-17,20,25H,1-7,10-15H2. The van der Waals surface area contributed by atoms with Crippen LogP contribution in [0.1, 0.15) is 65.8 Å². The topological polar surface area (TPSA) is 59.7 Å². The Morgan fingerprint density at radius 3 is 2.20 bits per heavy atom. The lowest BCUT2D eigenvalue weighted by Gasteiger charge is -2.38. The van der Waals surface area contributed by atoms with Crippen molar-refractivity contribution >= 4 is 22.7 Å². The number of aromatic nitrogens is 1. The number of amides is 2. The van der Waals surface area contributed by atoms with E-state index in [2.05, 4.69) is 9.88 Å². The minimum atomic E-state index is 0.0711. The molecule has 2 amide bonds. The summed E-state index contributed by atoms with van der Waals surface area (Å²) in [5, 5.41) is 0.936. The van der Waals surface area contributed by atoms with Gasteiger partial charge in [-0.25, -0.2) is 0 Å². The number of nitrogens with zero attached hydrogens (tertiary/aromatic N) is 3. The van der Waals surface area contributed by atoms with E-state index in [-0.39, 0.29) is 11.8 Å². The number of piperazine rings is 1. The van der Waals surface area contributed by atoms with Gasteiger partial charge < -0.3 is 14.8 Å². The Balaban J connectivity index is 1.26. The first kappa shape index (κ1) is 19.6. The fraction of sp³-hybridized carbons (Fsp3) is 0.583. The molecule has 1 aromatic heterocycles. The van der Waals surface area contributed by atoms with Crippen molar-refractivity contribution < 1.29 is 9.59 Å². The molecule has 1 N–H and O–H groups in total. The second-order valence-corrected chi connectivity index (χ2v) is 9.10. The van der Waals surface area contributed by atoms with Crippen molar-refractivity contribution in [3.63, 3.8) is 0 Å². The van der Waals surface area contributed by atoms with E-state index in [0.717, 1.165) is 69.1 Å². The zero-order valence-electron chi connectivity index (χ0n) is 17.7. The van der Waals surface area contributed by atoms with E-state index in [0.29, 0.717) is 11.3 Å². The van der Waals surface area contributed by atoms with E-state index < -0.39 is 0 Å². The van der Waals surface area contributed by atoms with Crippen LogP contribution in [-0.4, -0.2) is 76.8 Å². The van der Waals surface area contributed by atoms with Crippen LogP contribution in [0, 0.1) is 0 Å². The molecule has 1 saturated carbocycles. The van der Waals surface area contributed by atoms with Gasteiger partial charge in [0.1, 0.15) is 5.69 Å². The van der Waals surface area contributed by atoms with Gasteiger partial charge in [-0.3, -0.25) is 14.5 Å². The van der Waals surface area contributed by atoms with E-state index in [4.69, 9.17) is 0 Å². The minimum absolute atomic E-state index is 0.0711. The Morgan fingerprint density at radius 2 is 1.47 bits per heavy atom. The maximum Gasteiger partial charge on any atom is 0.270 e. The van der Waals surface area contributed by atoms with Crippen molar-refractivity contribution in [1.29, 1.82) is 0 Å². The first-order valence-corrected chi connectivity index (χ1v) is 11.6. The van der Waals surface area contributed by atoms with E-state index in [1.807, 2.05) is 34.1 Å². The number of nitrogens with one attached hydrogen (secondary N) is 1. The zero-order valence-corrected chi connectivity index (χ0v) is 17.7. The third-order valence-corrected chi connectivity index (χ3v) is 7.18. The Morgan fingerprint density at radius 1 is 0.767 bits per heavy atom. The highest BCUT2D eigenvalue weighted by Gasteiger charge is 2.28. The molecule has 6 nitrogen and oxygen atoms in total. The predicted octanol–water partition coefficient (Wildman–Crippen LogP) is 3.49. The highest BCUT2D eigenvalue weighted by Crippen LogP contribution is 2.25. The van der Waals surface area contributed by atoms with Gasteiger partial charge in [-0.05, 0) is 56.4 Å². The Bertz CT molecular complexity index is 916. The number of benzene rings is 1. The van der Waals surface area contributed by atoms with Crippen LogP contribution in [0.5, 0.6) is 0 Å². The lowest BCUT2D eigenvalue weighted by atomic mass is 10.1. The summed E-state index contributed by atoms with van der Waals surface area (Å²) in [4.78, 5) is 35.6. The fourth-order valence-corrected chi connectivity index (χ4v) is 5.39. The quantitative estimate of drug-likeness (QED) is 0.846. The van der Waals surface area contributed by atoms with Crippen LogP contribution in [0.25, 0.3) is 10.9 Å². The summed E-state index contributed by atoms with van der Waals surface area (Å²) in [7, 11) is 0. The molecule has 0 radical (unpaired) electrons. The molecule has 160 valence electrons. The van der Waals surface area contributed by atoms with Gasteiger partial charge in [0.25, 0.3) is 11.8 Å². The van der Waals surface area contributed by atoms with Crippen LogP contribution < -0.4 is 0 Å². The second-order valence-electron chi connectivity index (χ2n) is 9.10. The summed E-state index contributed by atoms with van der Waals surface area (Å²) in [6, 6.07) is 8.39. The Labute approximate surface area is 178 Å². The highest BCUT2D eigenvalue weighted by molar-refractivity contribution is 6.01. The average molecular weight is 409 g/mol. The van der Waals surface area contributed by atoms with Gasteiger partial charge >= 0.3 is 0 Å². The SMILES string of the molecule is O=C(c1ccc2[nH]c(C(=O)N3CCCCC3)cc2c1)N1CCN(C2CCCC2)CC1. The molecule has 30 heavy (non-hydrogen) atoms. The van der Waals surface area contributed by atoms with Crippen molar-refractivity contribution in [3.8, 4) is 0 Å². The third kappa shape index (κ3) is 3.85. The van der Waals surface area contributed by atoms with Crippen molar-refractivity contribution in [2.24, 2.45) is 0 Å². The molecule has 0 atom stereocenters. The van der Waals surface area contributed by atoms with Crippen molar-refractivity contribution in [3.05, 3.63) is 35.5 Å². The summed E-state index contributed by atoms with van der Waals surface area (Å²) >= 11 is 0. The van der Waals surface area contributed by atoms with Crippen LogP contribution in [0.3, 0.4) is 0 Å². The van der Waals surface area contributed by atoms with Gasteiger partial charge in [0.05, 0.1) is 0 Å². The Hall–Kier alpha value is -2.34. The monoisotopic (exact) mass is 408 g/mol. The molecule has 0 bridgehead atoms. The average Bonchev–Trinajstić information content (AvgIpc) is 3.48. The molecule has 6 heteroatoms. The number of rotatable bonds is 3. The molecule has 0 spiro atoms. The lowest BCUT2D eigenvalue weighted by molar-refractivity contribution is 0.0573. The van der Waals surface area contributed by atoms with Gasteiger partial charge in [0, 0.05) is 61.8 Å². The van der Waals surface area contributed by atoms with Crippen molar-refractivity contribution in [1.82, 2.24) is 19.7 Å². The molecule has 3 fully saturated rings. The molecule has 2 aliphatic heterocycles. The number of H-pyrrole nitrogens is 1. The summed E-state index contributed by atoms with van der Waals surface area (Å²) in [6.45, 7) is 5.25. The minimum Gasteiger partial charge on any atom is -0.351 e. The molecule has 1 aliphatic carbocycles. The number of aromatic amines is 1. The normalized spacial score (nSPS) is 21.5. The van der Waals surface area contributed by atoms with Gasteiger partial charge in [0.15, 0.2) is 0 Å². The smallest absolute Gasteiger partial charge is 0.270 e. The van der Waals surface area contributed by atoms with Gasteiger partial charge in [-0.1, -0.05) is 12.8 Å². The van der Waals surface area contributed by atoms with E-state index in [9.17, 15) is 9.59 Å². The predicted molar refractivity (Wildman–Crippen MR) is 118 cm³/mol. The molecule has 1 aromatic carbocycles. The lowest BCUT2D eigenvalue weighted by Crippen LogP contribution is -2.51. The second kappa shape index (κ2) is 8.42. The maximum atomic E-state index is 13.1. The van der Waals surface area contributed by atoms with E-state index in [1.165, 1.54) is 32.1 Å². The van der Waals surface area contributed by atoms with Gasteiger partial charge in [-0.15, -0.1) is 0 Å². The van der Waals surface area contributed by atoms with Gasteiger partial charge in [-0.2, -0.15) is 0 Å². The van der Waals surface area contributed by atoms with Crippen LogP contribution in [0.4, 0.5) is 0 Å². The van der Waals surface area contributed by atoms with E-state index in [1.54, 1.807) is 0 Å². The number of likely N-dealkylation sites (tertiary alicyclic amines) is 1. The van der Waals surface area contributed by atoms with Crippen LogP contribution >= 0.6 is 0 Å². The largest absolute Gasteiger partial charge is 0.351 e. The number of carbonyl (C=O) groups is 2. The van der Waals surface area contributed by atoms with Crippen LogP contribution in [0.2, 0.25) is 0 Å². The number of carbonyl (C=O) groups excluding carboxylic acids is 2. The number of fused-ring (bicyclic) bond motifs is 1. The third-order valence-electron chi connectivity index (χ3n) is 7.18. The first-order chi connectivity index (χ1) is 14.7. The van der Waals surface area contributed by atoms with Crippen molar-refractivity contribution in [2.45, 2.75) is 51.0 Å². The zero-order chi connectivity index (χ0) is 20.5. The first-order valence-electron chi connectivity index (χ1n) is 11.6.